The molecule has 0 atom stereocenters. The normalized spacial score (nSPS) is 17.4. The molecule has 4 rings (SSSR count). The Balaban J connectivity index is 1.30. The Hall–Kier alpha value is -2.41. The topological polar surface area (TPSA) is 69.5 Å². The maximum atomic E-state index is 12.5. The fourth-order valence-corrected chi connectivity index (χ4v) is 2.94. The quantitative estimate of drug-likeness (QED) is 0.719. The molecule has 2 fully saturated rings. The Morgan fingerprint density at radius 3 is 2.64 bits per heavy atom. The van der Waals surface area contributed by atoms with E-state index in [0.717, 1.165) is 11.4 Å². The number of hydrogen-bond acceptors (Lipinski definition) is 5. The smallest absolute Gasteiger partial charge is 0.254 e. The summed E-state index contributed by atoms with van der Waals surface area (Å²) < 4.78 is 12.4. The van der Waals surface area contributed by atoms with Crippen molar-refractivity contribution >= 4 is 5.91 Å². The number of amides is 1. The first-order valence-electron chi connectivity index (χ1n) is 8.67. The number of rotatable bonds is 7. The third-order valence-electron chi connectivity index (χ3n) is 4.70. The van der Waals surface area contributed by atoms with Gasteiger partial charge in [0.2, 0.25) is 0 Å². The molecule has 7 nitrogen and oxygen atoms in total. The van der Waals surface area contributed by atoms with Crippen molar-refractivity contribution in [3.63, 3.8) is 0 Å². The monoisotopic (exact) mass is 342 g/mol. The number of methoxy groups -OCH3 is 1. The highest BCUT2D eigenvalue weighted by molar-refractivity contribution is 5.94. The molecule has 1 aliphatic carbocycles. The molecule has 1 aromatic carbocycles. The minimum absolute atomic E-state index is 0.0437. The molecule has 0 bridgehead atoms. The molecule has 7 heteroatoms. The molecule has 2 heterocycles. The van der Waals surface area contributed by atoms with Crippen LogP contribution in [0, 0.1) is 0 Å². The van der Waals surface area contributed by atoms with Crippen LogP contribution >= 0.6 is 0 Å². The molecular weight excluding hydrogens is 320 g/mol. The Labute approximate surface area is 146 Å². The first-order valence-corrected chi connectivity index (χ1v) is 8.67. The predicted molar refractivity (Wildman–Crippen MR) is 90.8 cm³/mol. The molecule has 1 aromatic heterocycles. The van der Waals surface area contributed by atoms with Crippen molar-refractivity contribution in [2.45, 2.75) is 24.8 Å². The van der Waals surface area contributed by atoms with Gasteiger partial charge in [0.05, 0.1) is 18.3 Å². The van der Waals surface area contributed by atoms with E-state index in [9.17, 15) is 4.79 Å². The van der Waals surface area contributed by atoms with Crippen molar-refractivity contribution < 1.29 is 14.3 Å². The first-order chi connectivity index (χ1) is 12.2. The summed E-state index contributed by atoms with van der Waals surface area (Å²) in [7, 11) is 1.64. The van der Waals surface area contributed by atoms with Crippen molar-refractivity contribution in [1.29, 1.82) is 0 Å². The van der Waals surface area contributed by atoms with Crippen LogP contribution in [0.1, 0.15) is 40.9 Å². The summed E-state index contributed by atoms with van der Waals surface area (Å²) in [6.07, 6.45) is 4.48. The van der Waals surface area contributed by atoms with Gasteiger partial charge in [-0.25, -0.2) is 4.68 Å². The molecule has 2 aliphatic rings. The summed E-state index contributed by atoms with van der Waals surface area (Å²) in [5.41, 5.74) is 1.77. The lowest BCUT2D eigenvalue weighted by atomic mass is 10.1. The highest BCUT2D eigenvalue weighted by Crippen LogP contribution is 2.39. The predicted octanol–water partition coefficient (Wildman–Crippen LogP) is 1.88. The third-order valence-corrected chi connectivity index (χ3v) is 4.70. The number of benzene rings is 1. The molecule has 132 valence electrons. The summed E-state index contributed by atoms with van der Waals surface area (Å²) in [6, 6.07) is 7.48. The number of aromatic nitrogens is 3. The third kappa shape index (κ3) is 3.51. The Bertz CT molecular complexity index is 733. The van der Waals surface area contributed by atoms with Gasteiger partial charge in [-0.15, -0.1) is 5.10 Å². The highest BCUT2D eigenvalue weighted by Gasteiger charge is 2.34. The van der Waals surface area contributed by atoms with Crippen LogP contribution in [-0.2, 0) is 4.74 Å². The second-order valence-electron chi connectivity index (χ2n) is 6.63. The second-order valence-corrected chi connectivity index (χ2v) is 6.63. The molecule has 1 aliphatic heterocycles. The van der Waals surface area contributed by atoms with Crippen LogP contribution in [0.15, 0.2) is 30.5 Å². The zero-order chi connectivity index (χ0) is 17.2. The van der Waals surface area contributed by atoms with Gasteiger partial charge in [0.15, 0.2) is 0 Å². The Kier molecular flexibility index (Phi) is 4.40. The maximum absolute atomic E-state index is 12.5. The molecule has 0 spiro atoms. The van der Waals surface area contributed by atoms with Gasteiger partial charge < -0.3 is 14.4 Å². The number of nitrogens with zero attached hydrogens (tertiary/aromatic N) is 4. The van der Waals surface area contributed by atoms with Crippen LogP contribution in [0.5, 0.6) is 5.75 Å². The van der Waals surface area contributed by atoms with E-state index in [1.807, 2.05) is 27.9 Å². The van der Waals surface area contributed by atoms with Gasteiger partial charge in [-0.3, -0.25) is 4.79 Å². The fraction of sp³-hybridized carbons (Fsp3) is 0.500. The van der Waals surface area contributed by atoms with Crippen molar-refractivity contribution in [2.24, 2.45) is 0 Å². The Morgan fingerprint density at radius 2 is 1.96 bits per heavy atom. The fourth-order valence-electron chi connectivity index (χ4n) is 2.94. The average Bonchev–Trinajstić information content (AvgIpc) is 3.33. The van der Waals surface area contributed by atoms with Crippen LogP contribution in [-0.4, -0.2) is 59.2 Å². The largest absolute Gasteiger partial charge is 0.491 e. The molecule has 1 amide bonds. The molecule has 25 heavy (non-hydrogen) atoms. The Morgan fingerprint density at radius 1 is 1.20 bits per heavy atom. The van der Waals surface area contributed by atoms with Gasteiger partial charge in [0.25, 0.3) is 5.91 Å². The zero-order valence-corrected chi connectivity index (χ0v) is 14.3. The van der Waals surface area contributed by atoms with Gasteiger partial charge in [-0.05, 0) is 37.1 Å². The van der Waals surface area contributed by atoms with E-state index >= 15 is 0 Å². The summed E-state index contributed by atoms with van der Waals surface area (Å²) in [4.78, 5) is 14.4. The van der Waals surface area contributed by atoms with Crippen molar-refractivity contribution in [1.82, 2.24) is 19.9 Å². The van der Waals surface area contributed by atoms with E-state index in [4.69, 9.17) is 9.47 Å². The van der Waals surface area contributed by atoms with Gasteiger partial charge in [0, 0.05) is 37.9 Å². The van der Waals surface area contributed by atoms with E-state index < -0.39 is 0 Å². The number of carbonyl (C=O) groups excluding carboxylic acids is 1. The maximum Gasteiger partial charge on any atom is 0.254 e. The molecule has 2 aromatic rings. The number of likely N-dealkylation sites (tertiary alicyclic amines) is 1. The lowest BCUT2D eigenvalue weighted by Gasteiger charge is -2.38. The summed E-state index contributed by atoms with van der Waals surface area (Å²) in [5, 5.41) is 8.45. The summed E-state index contributed by atoms with van der Waals surface area (Å²) in [5.74, 6) is 1.39. The lowest BCUT2D eigenvalue weighted by Crippen LogP contribution is -2.50. The van der Waals surface area contributed by atoms with E-state index in [2.05, 4.69) is 10.3 Å². The summed E-state index contributed by atoms with van der Waals surface area (Å²) in [6.45, 7) is 2.40. The molecule has 1 saturated carbocycles. The molecule has 0 N–H and O–H groups in total. The molecule has 0 unspecified atom stereocenters. The lowest BCUT2D eigenvalue weighted by molar-refractivity contribution is 0.0498. The van der Waals surface area contributed by atoms with Crippen LogP contribution in [0.3, 0.4) is 0 Å². The first kappa shape index (κ1) is 16.1. The van der Waals surface area contributed by atoms with Crippen LogP contribution in [0.2, 0.25) is 0 Å². The average molecular weight is 342 g/mol. The number of carbonyl (C=O) groups is 1. The van der Waals surface area contributed by atoms with E-state index in [-0.39, 0.29) is 11.9 Å². The van der Waals surface area contributed by atoms with Crippen molar-refractivity contribution in [3.05, 3.63) is 41.7 Å². The number of hydrogen-bond donors (Lipinski definition) is 0. The van der Waals surface area contributed by atoms with Crippen molar-refractivity contribution in [2.75, 3.05) is 33.4 Å². The minimum Gasteiger partial charge on any atom is -0.491 e. The number of ether oxygens (including phenoxy) is 2. The molecular formula is C18H22N4O3. The van der Waals surface area contributed by atoms with Crippen LogP contribution in [0.4, 0.5) is 0 Å². The minimum atomic E-state index is 0.0437. The van der Waals surface area contributed by atoms with Crippen LogP contribution < -0.4 is 4.74 Å². The molecule has 0 radical (unpaired) electrons. The van der Waals surface area contributed by atoms with E-state index in [1.165, 1.54) is 12.8 Å². The zero-order valence-electron chi connectivity index (χ0n) is 14.3. The van der Waals surface area contributed by atoms with E-state index in [0.29, 0.717) is 37.8 Å². The summed E-state index contributed by atoms with van der Waals surface area (Å²) >= 11 is 0. The standard InChI is InChI=1S/C18H22N4O3/c1-24-8-9-25-16-6-4-14(5-7-16)18(23)21-10-15(11-21)22-12-17(19-20-22)13-2-3-13/h4-7,12-13,15H,2-3,8-11H2,1H3. The van der Waals surface area contributed by atoms with Gasteiger partial charge >= 0.3 is 0 Å². The second kappa shape index (κ2) is 6.84. The van der Waals surface area contributed by atoms with Crippen molar-refractivity contribution in [3.8, 4) is 5.75 Å². The van der Waals surface area contributed by atoms with Crippen LogP contribution in [0.25, 0.3) is 0 Å². The molecule has 1 saturated heterocycles. The van der Waals surface area contributed by atoms with E-state index in [1.54, 1.807) is 19.2 Å². The highest BCUT2D eigenvalue weighted by atomic mass is 16.5. The van der Waals surface area contributed by atoms with Gasteiger partial charge in [0.1, 0.15) is 12.4 Å². The van der Waals surface area contributed by atoms with Gasteiger partial charge in [-0.1, -0.05) is 5.21 Å². The SMILES string of the molecule is COCCOc1ccc(C(=O)N2CC(n3cc(C4CC4)nn3)C2)cc1. The van der Waals surface area contributed by atoms with Gasteiger partial charge in [-0.2, -0.15) is 0 Å².